The van der Waals surface area contributed by atoms with Crippen LogP contribution in [0.2, 0.25) is 0 Å². The molecule has 1 fully saturated rings. The highest BCUT2D eigenvalue weighted by Crippen LogP contribution is 2.31. The molecule has 2 nitrogen and oxygen atoms in total. The van der Waals surface area contributed by atoms with Gasteiger partial charge in [0.15, 0.2) is 5.60 Å². The lowest BCUT2D eigenvalue weighted by molar-refractivity contribution is -0.256. The fraction of sp³-hybridized carbons (Fsp3) is 1.00. The van der Waals surface area contributed by atoms with Crippen LogP contribution in [0.5, 0.6) is 0 Å². The van der Waals surface area contributed by atoms with Gasteiger partial charge in [-0.2, -0.15) is 13.2 Å². The summed E-state index contributed by atoms with van der Waals surface area (Å²) in [6.45, 7) is 1.83. The molecule has 0 amide bonds. The summed E-state index contributed by atoms with van der Waals surface area (Å²) in [6, 6.07) is 0. The maximum absolute atomic E-state index is 12.2. The molecule has 0 saturated carbocycles. The fourth-order valence-electron chi connectivity index (χ4n) is 1.47. The zero-order valence-corrected chi connectivity index (χ0v) is 7.56. The second-order valence-corrected chi connectivity index (χ2v) is 3.75. The molecule has 1 aliphatic rings. The first-order valence-corrected chi connectivity index (χ1v) is 4.34. The molecule has 0 bridgehead atoms. The predicted molar refractivity (Wildman–Crippen MR) is 42.4 cm³/mol. The van der Waals surface area contributed by atoms with Crippen LogP contribution in [0, 0.1) is 0 Å². The van der Waals surface area contributed by atoms with Gasteiger partial charge in [0.1, 0.15) is 0 Å². The van der Waals surface area contributed by atoms with Gasteiger partial charge in [0.25, 0.3) is 0 Å². The van der Waals surface area contributed by atoms with E-state index in [0.717, 1.165) is 19.8 Å². The number of halogens is 3. The van der Waals surface area contributed by atoms with E-state index in [1.165, 1.54) is 0 Å². The number of alkyl halides is 3. The monoisotopic (exact) mass is 197 g/mol. The number of hydrogen-bond acceptors (Lipinski definition) is 2. The Morgan fingerprint density at radius 3 is 2.08 bits per heavy atom. The minimum Gasteiger partial charge on any atom is -0.380 e. The molecule has 0 aromatic rings. The van der Waals surface area contributed by atoms with Crippen LogP contribution >= 0.6 is 0 Å². The van der Waals surface area contributed by atoms with Crippen LogP contribution in [0.1, 0.15) is 19.8 Å². The van der Waals surface area contributed by atoms with Crippen LogP contribution in [0.25, 0.3) is 0 Å². The lowest BCUT2D eigenvalue weighted by atomic mass is 10.1. The Kier molecular flexibility index (Phi) is 2.87. The van der Waals surface area contributed by atoms with Crippen molar-refractivity contribution in [2.24, 2.45) is 0 Å². The number of hydrogen-bond donors (Lipinski definition) is 1. The quantitative estimate of drug-likeness (QED) is 0.723. The smallest absolute Gasteiger partial charge is 0.380 e. The van der Waals surface area contributed by atoms with Gasteiger partial charge in [-0.15, -0.1) is 0 Å². The number of nitrogens with zero attached hydrogens (tertiary/aromatic N) is 1. The van der Waals surface area contributed by atoms with Gasteiger partial charge in [0.05, 0.1) is 0 Å². The second kappa shape index (κ2) is 3.46. The highest BCUT2D eigenvalue weighted by Gasteiger charge is 2.50. The van der Waals surface area contributed by atoms with Gasteiger partial charge in [-0.1, -0.05) is 0 Å². The normalized spacial score (nSPS) is 24.7. The van der Waals surface area contributed by atoms with E-state index in [0.29, 0.717) is 13.1 Å². The molecule has 1 rings (SSSR count). The van der Waals surface area contributed by atoms with E-state index in [9.17, 15) is 13.2 Å². The lowest BCUT2D eigenvalue weighted by Gasteiger charge is -2.30. The maximum Gasteiger partial charge on any atom is 0.418 e. The van der Waals surface area contributed by atoms with Gasteiger partial charge >= 0.3 is 6.18 Å². The number of likely N-dealkylation sites (tertiary alicyclic amines) is 1. The summed E-state index contributed by atoms with van der Waals surface area (Å²) < 4.78 is 36.6. The summed E-state index contributed by atoms with van der Waals surface area (Å²) in [5.74, 6) is 0. The van der Waals surface area contributed by atoms with Crippen molar-refractivity contribution < 1.29 is 18.3 Å². The molecule has 0 aliphatic carbocycles. The number of β-amino-alcohol motifs (C(OH)–C–C–N with tert-alkyl or cyclic N) is 1. The van der Waals surface area contributed by atoms with Crippen molar-refractivity contribution in [1.29, 1.82) is 0 Å². The van der Waals surface area contributed by atoms with E-state index in [4.69, 9.17) is 5.11 Å². The van der Waals surface area contributed by atoms with Crippen LogP contribution in [-0.2, 0) is 0 Å². The first kappa shape index (κ1) is 10.8. The van der Waals surface area contributed by atoms with E-state index in [-0.39, 0.29) is 6.54 Å². The van der Waals surface area contributed by atoms with Crippen molar-refractivity contribution >= 4 is 0 Å². The Morgan fingerprint density at radius 1 is 1.23 bits per heavy atom. The summed E-state index contributed by atoms with van der Waals surface area (Å²) in [7, 11) is 0. The molecule has 1 N–H and O–H groups in total. The Bertz CT molecular complexity index is 173. The van der Waals surface area contributed by atoms with E-state index < -0.39 is 11.8 Å². The van der Waals surface area contributed by atoms with Gasteiger partial charge in [-0.25, -0.2) is 0 Å². The highest BCUT2D eigenvalue weighted by molar-refractivity contribution is 4.86. The Morgan fingerprint density at radius 2 is 1.69 bits per heavy atom. The van der Waals surface area contributed by atoms with Crippen LogP contribution in [0.15, 0.2) is 0 Å². The molecule has 0 aromatic heterocycles. The molecule has 1 unspecified atom stereocenters. The summed E-state index contributed by atoms with van der Waals surface area (Å²) >= 11 is 0. The second-order valence-electron chi connectivity index (χ2n) is 3.75. The minimum absolute atomic E-state index is 0.309. The Balaban J connectivity index is 2.50. The van der Waals surface area contributed by atoms with Crippen molar-refractivity contribution in [3.05, 3.63) is 0 Å². The summed E-state index contributed by atoms with van der Waals surface area (Å²) in [6.07, 6.45) is -2.68. The topological polar surface area (TPSA) is 23.5 Å². The highest BCUT2D eigenvalue weighted by atomic mass is 19.4. The zero-order valence-electron chi connectivity index (χ0n) is 7.56. The largest absolute Gasteiger partial charge is 0.418 e. The molecular formula is C8H14F3NO. The van der Waals surface area contributed by atoms with Crippen LogP contribution in [-0.4, -0.2) is 41.4 Å². The molecule has 0 radical (unpaired) electrons. The molecule has 1 aliphatic heterocycles. The Labute approximate surface area is 75.3 Å². The predicted octanol–water partition coefficient (Wildman–Crippen LogP) is 1.40. The molecule has 5 heteroatoms. The van der Waals surface area contributed by atoms with Gasteiger partial charge < -0.3 is 10.0 Å². The van der Waals surface area contributed by atoms with Gasteiger partial charge in [-0.3, -0.25) is 0 Å². The van der Waals surface area contributed by atoms with E-state index in [2.05, 4.69) is 0 Å². The molecule has 0 aromatic carbocycles. The molecule has 1 saturated heterocycles. The van der Waals surface area contributed by atoms with Crippen molar-refractivity contribution in [3.8, 4) is 0 Å². The first-order chi connectivity index (χ1) is 5.83. The van der Waals surface area contributed by atoms with Gasteiger partial charge in [0.2, 0.25) is 0 Å². The van der Waals surface area contributed by atoms with Crippen molar-refractivity contribution in [2.45, 2.75) is 31.5 Å². The van der Waals surface area contributed by atoms with Crippen LogP contribution in [0.3, 0.4) is 0 Å². The molecule has 1 atom stereocenters. The number of rotatable bonds is 2. The van der Waals surface area contributed by atoms with Crippen LogP contribution < -0.4 is 0 Å². The molecular weight excluding hydrogens is 183 g/mol. The summed E-state index contributed by atoms with van der Waals surface area (Å²) in [4.78, 5) is 1.65. The number of aliphatic hydroxyl groups is 1. The maximum atomic E-state index is 12.2. The van der Waals surface area contributed by atoms with E-state index in [1.54, 1.807) is 4.90 Å². The van der Waals surface area contributed by atoms with Crippen LogP contribution in [0.4, 0.5) is 13.2 Å². The van der Waals surface area contributed by atoms with Crippen molar-refractivity contribution in [3.63, 3.8) is 0 Å². The SMILES string of the molecule is CC(O)(CN1CCCC1)C(F)(F)F. The van der Waals surface area contributed by atoms with Crippen molar-refractivity contribution in [1.82, 2.24) is 4.90 Å². The van der Waals surface area contributed by atoms with Crippen molar-refractivity contribution in [2.75, 3.05) is 19.6 Å². The average molecular weight is 197 g/mol. The molecule has 1 heterocycles. The van der Waals surface area contributed by atoms with E-state index in [1.807, 2.05) is 0 Å². The molecule has 0 spiro atoms. The minimum atomic E-state index is -4.53. The third-order valence-corrected chi connectivity index (χ3v) is 2.34. The molecule has 78 valence electrons. The summed E-state index contributed by atoms with van der Waals surface area (Å²) in [5.41, 5.74) is -2.57. The fourth-order valence-corrected chi connectivity index (χ4v) is 1.47. The molecule has 13 heavy (non-hydrogen) atoms. The first-order valence-electron chi connectivity index (χ1n) is 4.34. The third-order valence-electron chi connectivity index (χ3n) is 2.34. The summed E-state index contributed by atoms with van der Waals surface area (Å²) in [5, 5.41) is 9.14. The van der Waals surface area contributed by atoms with Gasteiger partial charge in [0, 0.05) is 6.54 Å². The zero-order chi connectivity index (χ0) is 10.1. The van der Waals surface area contributed by atoms with E-state index >= 15 is 0 Å². The van der Waals surface area contributed by atoms with Gasteiger partial charge in [-0.05, 0) is 32.9 Å². The third kappa shape index (κ3) is 2.57. The standard InChI is InChI=1S/C8H14F3NO/c1-7(13,8(9,10)11)6-12-4-2-3-5-12/h13H,2-6H2,1H3. The Hall–Kier alpha value is -0.290. The lowest BCUT2D eigenvalue weighted by Crippen LogP contribution is -2.50. The average Bonchev–Trinajstić information content (AvgIpc) is 2.35.